The Balaban J connectivity index is 1.56. The fraction of sp³-hybridized carbons (Fsp3) is 0.462. The van der Waals surface area contributed by atoms with Crippen molar-refractivity contribution in [3.8, 4) is 0 Å². The number of rotatable bonds is 2. The number of hydrogen-bond donors (Lipinski definition) is 2. The van der Waals surface area contributed by atoms with Gasteiger partial charge in [-0.2, -0.15) is 0 Å². The molecule has 2 aliphatic heterocycles. The molecule has 0 saturated carbocycles. The topological polar surface area (TPSA) is 50.4 Å². The van der Waals surface area contributed by atoms with E-state index >= 15 is 0 Å². The third-order valence-corrected chi connectivity index (χ3v) is 3.74. The maximum atomic E-state index is 11.8. The standard InChI is InChI=1S/C13H15ClN2O2/c14-8-2-1-3-9(6-8)15-13(17)16-11-7-10-4-5-12(11)18-10/h1-3,6,10-12H,4-5,7H2,(H2,15,16,17). The Morgan fingerprint density at radius 1 is 1.39 bits per heavy atom. The molecule has 2 fully saturated rings. The van der Waals surface area contributed by atoms with E-state index in [1.165, 1.54) is 0 Å². The molecule has 3 unspecified atom stereocenters. The molecular formula is C13H15ClN2O2. The summed E-state index contributed by atoms with van der Waals surface area (Å²) in [4.78, 5) is 11.8. The van der Waals surface area contributed by atoms with Gasteiger partial charge in [-0.3, -0.25) is 0 Å². The second-order valence-electron chi connectivity index (χ2n) is 4.82. The molecule has 3 atom stereocenters. The number of benzene rings is 1. The van der Waals surface area contributed by atoms with Gasteiger partial charge in [-0.15, -0.1) is 0 Å². The molecule has 2 aliphatic rings. The molecular weight excluding hydrogens is 252 g/mol. The molecule has 2 N–H and O–H groups in total. The zero-order valence-corrected chi connectivity index (χ0v) is 10.6. The van der Waals surface area contributed by atoms with Crippen LogP contribution in [-0.2, 0) is 4.74 Å². The molecule has 2 heterocycles. The first-order valence-corrected chi connectivity index (χ1v) is 6.57. The average Bonchev–Trinajstić information content (AvgIpc) is 2.90. The van der Waals surface area contributed by atoms with Gasteiger partial charge in [0.15, 0.2) is 0 Å². The summed E-state index contributed by atoms with van der Waals surface area (Å²) in [6.07, 6.45) is 3.63. The van der Waals surface area contributed by atoms with Crippen molar-refractivity contribution >= 4 is 23.3 Å². The molecule has 1 aromatic carbocycles. The molecule has 0 aromatic heterocycles. The SMILES string of the molecule is O=C(Nc1cccc(Cl)c1)NC1CC2CCC1O2. The van der Waals surface area contributed by atoms with Crippen LogP contribution in [-0.4, -0.2) is 24.3 Å². The Morgan fingerprint density at radius 3 is 2.94 bits per heavy atom. The molecule has 1 aromatic rings. The van der Waals surface area contributed by atoms with Crippen molar-refractivity contribution in [1.82, 2.24) is 5.32 Å². The van der Waals surface area contributed by atoms with E-state index in [4.69, 9.17) is 16.3 Å². The number of urea groups is 1. The van der Waals surface area contributed by atoms with Gasteiger partial charge in [-0.05, 0) is 37.5 Å². The lowest BCUT2D eigenvalue weighted by atomic mass is 9.96. The highest BCUT2D eigenvalue weighted by molar-refractivity contribution is 6.30. The summed E-state index contributed by atoms with van der Waals surface area (Å²) in [6.45, 7) is 0. The lowest BCUT2D eigenvalue weighted by Crippen LogP contribution is -2.43. The maximum absolute atomic E-state index is 11.8. The molecule has 4 nitrogen and oxygen atoms in total. The third kappa shape index (κ3) is 2.44. The minimum Gasteiger partial charge on any atom is -0.373 e. The van der Waals surface area contributed by atoms with E-state index in [1.54, 1.807) is 18.2 Å². The zero-order valence-electron chi connectivity index (χ0n) is 9.86. The molecule has 18 heavy (non-hydrogen) atoms. The van der Waals surface area contributed by atoms with Gasteiger partial charge >= 0.3 is 6.03 Å². The summed E-state index contributed by atoms with van der Waals surface area (Å²) in [5.41, 5.74) is 0.698. The molecule has 2 bridgehead atoms. The van der Waals surface area contributed by atoms with Crippen molar-refractivity contribution in [2.45, 2.75) is 37.5 Å². The summed E-state index contributed by atoms with van der Waals surface area (Å²) in [5.74, 6) is 0. The van der Waals surface area contributed by atoms with Crippen molar-refractivity contribution in [2.75, 3.05) is 5.32 Å². The highest BCUT2D eigenvalue weighted by Crippen LogP contribution is 2.34. The summed E-state index contributed by atoms with van der Waals surface area (Å²) < 4.78 is 5.69. The van der Waals surface area contributed by atoms with E-state index in [-0.39, 0.29) is 18.2 Å². The number of carbonyl (C=O) groups is 1. The van der Waals surface area contributed by atoms with E-state index in [9.17, 15) is 4.79 Å². The van der Waals surface area contributed by atoms with Gasteiger partial charge in [-0.1, -0.05) is 17.7 Å². The second kappa shape index (κ2) is 4.78. The predicted molar refractivity (Wildman–Crippen MR) is 69.9 cm³/mol. The quantitative estimate of drug-likeness (QED) is 0.865. The number of nitrogens with one attached hydrogen (secondary N) is 2. The van der Waals surface area contributed by atoms with Crippen LogP contribution in [0.3, 0.4) is 0 Å². The Hall–Kier alpha value is -1.26. The van der Waals surface area contributed by atoms with Crippen molar-refractivity contribution in [3.63, 3.8) is 0 Å². The van der Waals surface area contributed by atoms with Gasteiger partial charge in [0.25, 0.3) is 0 Å². The van der Waals surface area contributed by atoms with Crippen molar-refractivity contribution in [2.24, 2.45) is 0 Å². The first-order chi connectivity index (χ1) is 8.70. The maximum Gasteiger partial charge on any atom is 0.319 e. The van der Waals surface area contributed by atoms with Crippen molar-refractivity contribution in [3.05, 3.63) is 29.3 Å². The lowest BCUT2D eigenvalue weighted by Gasteiger charge is -2.20. The van der Waals surface area contributed by atoms with Crippen LogP contribution in [0.2, 0.25) is 5.02 Å². The summed E-state index contributed by atoms with van der Waals surface area (Å²) in [5, 5.41) is 6.35. The van der Waals surface area contributed by atoms with Crippen LogP contribution in [0.15, 0.2) is 24.3 Å². The Labute approximate surface area is 111 Å². The fourth-order valence-electron chi connectivity index (χ4n) is 2.69. The van der Waals surface area contributed by atoms with Gasteiger partial charge in [0.2, 0.25) is 0 Å². The van der Waals surface area contributed by atoms with Crippen LogP contribution in [0.25, 0.3) is 0 Å². The molecule has 0 radical (unpaired) electrons. The first kappa shape index (κ1) is 11.8. The molecule has 2 amide bonds. The monoisotopic (exact) mass is 266 g/mol. The van der Waals surface area contributed by atoms with E-state index < -0.39 is 0 Å². The highest BCUT2D eigenvalue weighted by atomic mass is 35.5. The number of ether oxygens (including phenoxy) is 1. The normalized spacial score (nSPS) is 29.3. The third-order valence-electron chi connectivity index (χ3n) is 3.50. The predicted octanol–water partition coefficient (Wildman–Crippen LogP) is 2.78. The number of halogens is 1. The largest absolute Gasteiger partial charge is 0.373 e. The average molecular weight is 267 g/mol. The number of fused-ring (bicyclic) bond motifs is 2. The molecule has 0 aliphatic carbocycles. The molecule has 2 saturated heterocycles. The van der Waals surface area contributed by atoms with Gasteiger partial charge in [0.1, 0.15) is 0 Å². The molecule has 5 heteroatoms. The Bertz CT molecular complexity index is 466. The highest BCUT2D eigenvalue weighted by Gasteiger charge is 2.41. The van der Waals surface area contributed by atoms with Crippen LogP contribution < -0.4 is 10.6 Å². The molecule has 0 spiro atoms. The van der Waals surface area contributed by atoms with Gasteiger partial charge in [-0.25, -0.2) is 4.79 Å². The van der Waals surface area contributed by atoms with E-state index in [0.29, 0.717) is 16.8 Å². The summed E-state index contributed by atoms with van der Waals surface area (Å²) in [7, 11) is 0. The van der Waals surface area contributed by atoms with Crippen molar-refractivity contribution < 1.29 is 9.53 Å². The number of amides is 2. The number of anilines is 1. The Kier molecular flexibility index (Phi) is 3.14. The van der Waals surface area contributed by atoms with Crippen LogP contribution in [0.4, 0.5) is 10.5 Å². The first-order valence-electron chi connectivity index (χ1n) is 6.19. The molecule has 3 rings (SSSR count). The zero-order chi connectivity index (χ0) is 12.5. The second-order valence-corrected chi connectivity index (χ2v) is 5.26. The smallest absolute Gasteiger partial charge is 0.319 e. The lowest BCUT2D eigenvalue weighted by molar-refractivity contribution is 0.0984. The summed E-state index contributed by atoms with van der Waals surface area (Å²) in [6, 6.07) is 7.05. The van der Waals surface area contributed by atoms with Crippen LogP contribution in [0.1, 0.15) is 19.3 Å². The molecule has 96 valence electrons. The van der Waals surface area contributed by atoms with Crippen LogP contribution >= 0.6 is 11.6 Å². The minimum atomic E-state index is -0.196. The van der Waals surface area contributed by atoms with E-state index in [0.717, 1.165) is 19.3 Å². The van der Waals surface area contributed by atoms with Crippen LogP contribution in [0.5, 0.6) is 0 Å². The van der Waals surface area contributed by atoms with Gasteiger partial charge < -0.3 is 15.4 Å². The van der Waals surface area contributed by atoms with Crippen LogP contribution in [0, 0.1) is 0 Å². The van der Waals surface area contributed by atoms with Crippen molar-refractivity contribution in [1.29, 1.82) is 0 Å². The number of hydrogen-bond acceptors (Lipinski definition) is 2. The van der Waals surface area contributed by atoms with Gasteiger partial charge in [0.05, 0.1) is 18.2 Å². The number of carbonyl (C=O) groups excluding carboxylic acids is 1. The van der Waals surface area contributed by atoms with Gasteiger partial charge in [0, 0.05) is 10.7 Å². The minimum absolute atomic E-state index is 0.142. The Morgan fingerprint density at radius 2 is 2.28 bits per heavy atom. The summed E-state index contributed by atoms with van der Waals surface area (Å²) >= 11 is 5.86. The van der Waals surface area contributed by atoms with E-state index in [2.05, 4.69) is 10.6 Å². The fourth-order valence-corrected chi connectivity index (χ4v) is 2.88. The van der Waals surface area contributed by atoms with E-state index in [1.807, 2.05) is 6.07 Å².